The van der Waals surface area contributed by atoms with Crippen LogP contribution in [-0.2, 0) is 14.3 Å². The minimum Gasteiger partial charge on any atom is -0.466 e. The maximum absolute atomic E-state index is 12.4. The lowest BCUT2D eigenvalue weighted by atomic mass is 10.0. The number of aliphatic hydroxyl groups excluding tert-OH is 2. The second-order valence-electron chi connectivity index (χ2n) is 17.5. The van der Waals surface area contributed by atoms with Crippen LogP contribution in [0.5, 0.6) is 0 Å². The summed E-state index contributed by atoms with van der Waals surface area (Å²) < 4.78 is 5.47. The van der Waals surface area contributed by atoms with Crippen LogP contribution in [0.15, 0.2) is 12.2 Å². The molecule has 0 radical (unpaired) electrons. The second kappa shape index (κ2) is 47.3. The van der Waals surface area contributed by atoms with E-state index in [0.29, 0.717) is 25.9 Å². The summed E-state index contributed by atoms with van der Waals surface area (Å²) >= 11 is 0. The third-order valence-corrected chi connectivity index (χ3v) is 11.8. The molecule has 0 aromatic carbocycles. The second-order valence-corrected chi connectivity index (χ2v) is 17.5. The molecule has 0 spiro atoms. The standard InChI is InChI=1S/C51H99NO5/c1-3-5-7-9-11-13-15-16-17-18-19-22-25-29-33-37-41-45-51(56)57-46-42-38-34-30-26-23-20-21-24-28-32-36-40-44-50(55)52-48(47-53)49(54)43-39-35-31-27-14-12-10-8-6-4-2/h16-17,48-49,53-54H,3-15,18-47H2,1-2H3,(H,52,55)/b17-16-. The molecule has 0 saturated carbocycles. The van der Waals surface area contributed by atoms with E-state index >= 15 is 0 Å². The van der Waals surface area contributed by atoms with Crippen LogP contribution in [0.4, 0.5) is 0 Å². The Morgan fingerprint density at radius 2 is 0.825 bits per heavy atom. The summed E-state index contributed by atoms with van der Waals surface area (Å²) in [6, 6.07) is -0.548. The van der Waals surface area contributed by atoms with Gasteiger partial charge in [0.25, 0.3) is 0 Å². The average Bonchev–Trinajstić information content (AvgIpc) is 3.21. The van der Waals surface area contributed by atoms with Gasteiger partial charge in [-0.05, 0) is 51.4 Å². The van der Waals surface area contributed by atoms with Gasteiger partial charge in [-0.25, -0.2) is 0 Å². The number of aliphatic hydroxyl groups is 2. The van der Waals surface area contributed by atoms with Gasteiger partial charge in [0.15, 0.2) is 0 Å². The van der Waals surface area contributed by atoms with Gasteiger partial charge in [-0.1, -0.05) is 225 Å². The molecule has 0 fully saturated rings. The minimum absolute atomic E-state index is 0.00890. The van der Waals surface area contributed by atoms with Crippen LogP contribution in [0.3, 0.4) is 0 Å². The Morgan fingerprint density at radius 3 is 1.25 bits per heavy atom. The SMILES string of the molecule is CCCCCCCC/C=C\CCCCCCCCCC(=O)OCCCCCCCCCCCCCCCC(=O)NC(CO)C(O)CCCCCCCCCCCC. The summed E-state index contributed by atoms with van der Waals surface area (Å²) in [5.74, 6) is -0.0582. The molecule has 2 unspecified atom stereocenters. The third kappa shape index (κ3) is 44.0. The highest BCUT2D eigenvalue weighted by atomic mass is 16.5. The maximum Gasteiger partial charge on any atom is 0.305 e. The number of unbranched alkanes of at least 4 members (excludes halogenated alkanes) is 34. The van der Waals surface area contributed by atoms with Crippen molar-refractivity contribution >= 4 is 11.9 Å². The number of ether oxygens (including phenoxy) is 1. The summed E-state index contributed by atoms with van der Waals surface area (Å²) in [4.78, 5) is 24.4. The van der Waals surface area contributed by atoms with E-state index in [4.69, 9.17) is 4.74 Å². The van der Waals surface area contributed by atoms with Crippen molar-refractivity contribution in [3.63, 3.8) is 0 Å². The summed E-state index contributed by atoms with van der Waals surface area (Å²) in [6.45, 7) is 4.91. The predicted molar refractivity (Wildman–Crippen MR) is 246 cm³/mol. The Bertz CT molecular complexity index is 847. The number of carbonyl (C=O) groups is 2. The Balaban J connectivity index is 3.42. The maximum atomic E-state index is 12.4. The van der Waals surface area contributed by atoms with Crippen molar-refractivity contribution in [2.45, 2.75) is 289 Å². The van der Waals surface area contributed by atoms with Crippen LogP contribution in [0, 0.1) is 0 Å². The lowest BCUT2D eigenvalue weighted by Gasteiger charge is -2.22. The highest BCUT2D eigenvalue weighted by molar-refractivity contribution is 5.76. The highest BCUT2D eigenvalue weighted by Crippen LogP contribution is 2.16. The van der Waals surface area contributed by atoms with Crippen molar-refractivity contribution in [2.24, 2.45) is 0 Å². The van der Waals surface area contributed by atoms with E-state index in [9.17, 15) is 19.8 Å². The zero-order valence-corrected chi connectivity index (χ0v) is 38.3. The topological polar surface area (TPSA) is 95.9 Å². The number of hydrogen-bond donors (Lipinski definition) is 3. The molecule has 0 aliphatic rings. The molecule has 0 bridgehead atoms. The van der Waals surface area contributed by atoms with Crippen LogP contribution >= 0.6 is 0 Å². The van der Waals surface area contributed by atoms with Crippen molar-refractivity contribution in [3.8, 4) is 0 Å². The third-order valence-electron chi connectivity index (χ3n) is 11.8. The van der Waals surface area contributed by atoms with Gasteiger partial charge in [0.1, 0.15) is 0 Å². The average molecular weight is 806 g/mol. The first-order valence-corrected chi connectivity index (χ1v) is 25.4. The van der Waals surface area contributed by atoms with Crippen LogP contribution < -0.4 is 5.32 Å². The van der Waals surface area contributed by atoms with Gasteiger partial charge in [-0.15, -0.1) is 0 Å². The molecule has 0 saturated heterocycles. The summed E-state index contributed by atoms with van der Waals surface area (Å²) in [6.07, 6.45) is 53.2. The van der Waals surface area contributed by atoms with Crippen LogP contribution in [0.25, 0.3) is 0 Å². The zero-order chi connectivity index (χ0) is 41.5. The highest BCUT2D eigenvalue weighted by Gasteiger charge is 2.20. The Labute approximate surface area is 355 Å². The van der Waals surface area contributed by atoms with Crippen LogP contribution in [-0.4, -0.2) is 47.4 Å². The first kappa shape index (κ1) is 55.6. The lowest BCUT2D eigenvalue weighted by Crippen LogP contribution is -2.45. The first-order chi connectivity index (χ1) is 28.0. The molecule has 6 heteroatoms. The molecule has 0 aliphatic heterocycles. The number of esters is 1. The molecule has 0 aliphatic carbocycles. The summed E-state index contributed by atoms with van der Waals surface area (Å²) in [5.41, 5.74) is 0. The molecule has 2 atom stereocenters. The lowest BCUT2D eigenvalue weighted by molar-refractivity contribution is -0.143. The Hall–Kier alpha value is -1.40. The van der Waals surface area contributed by atoms with Gasteiger partial charge in [-0.3, -0.25) is 9.59 Å². The Kier molecular flexibility index (Phi) is 46.1. The number of hydrogen-bond acceptors (Lipinski definition) is 5. The number of allylic oxidation sites excluding steroid dienone is 2. The largest absolute Gasteiger partial charge is 0.466 e. The number of amides is 1. The summed E-state index contributed by atoms with van der Waals surface area (Å²) in [5, 5.41) is 23.1. The van der Waals surface area contributed by atoms with Gasteiger partial charge >= 0.3 is 5.97 Å². The van der Waals surface area contributed by atoms with Crippen LogP contribution in [0.2, 0.25) is 0 Å². The van der Waals surface area contributed by atoms with E-state index < -0.39 is 12.1 Å². The van der Waals surface area contributed by atoms with E-state index in [1.807, 2.05) is 0 Å². The number of carbonyl (C=O) groups excluding carboxylic acids is 2. The number of nitrogens with one attached hydrogen (secondary N) is 1. The molecule has 338 valence electrons. The van der Waals surface area contributed by atoms with Crippen molar-refractivity contribution in [1.82, 2.24) is 5.32 Å². The molecule has 6 nitrogen and oxygen atoms in total. The molecule has 0 rings (SSSR count). The molecule has 1 amide bonds. The molecule has 57 heavy (non-hydrogen) atoms. The monoisotopic (exact) mass is 806 g/mol. The molecule has 3 N–H and O–H groups in total. The molecule has 0 aromatic heterocycles. The predicted octanol–water partition coefficient (Wildman–Crippen LogP) is 15.0. The van der Waals surface area contributed by atoms with E-state index in [2.05, 4.69) is 31.3 Å². The van der Waals surface area contributed by atoms with E-state index in [1.165, 1.54) is 193 Å². The van der Waals surface area contributed by atoms with Crippen molar-refractivity contribution < 1.29 is 24.5 Å². The minimum atomic E-state index is -0.670. The van der Waals surface area contributed by atoms with Gasteiger partial charge in [0.05, 0.1) is 25.4 Å². The van der Waals surface area contributed by atoms with Gasteiger partial charge in [0, 0.05) is 12.8 Å². The molecule has 0 aromatic rings. The fourth-order valence-corrected chi connectivity index (χ4v) is 7.87. The van der Waals surface area contributed by atoms with Crippen LogP contribution in [0.1, 0.15) is 277 Å². The van der Waals surface area contributed by atoms with Crippen molar-refractivity contribution in [2.75, 3.05) is 13.2 Å². The Morgan fingerprint density at radius 1 is 0.474 bits per heavy atom. The zero-order valence-electron chi connectivity index (χ0n) is 38.3. The fourth-order valence-electron chi connectivity index (χ4n) is 7.87. The quantitative estimate of drug-likeness (QED) is 0.0323. The number of rotatable bonds is 47. The smallest absolute Gasteiger partial charge is 0.305 e. The van der Waals surface area contributed by atoms with Crippen molar-refractivity contribution in [3.05, 3.63) is 12.2 Å². The van der Waals surface area contributed by atoms with Gasteiger partial charge < -0.3 is 20.3 Å². The summed E-state index contributed by atoms with van der Waals surface area (Å²) in [7, 11) is 0. The van der Waals surface area contributed by atoms with E-state index in [1.54, 1.807) is 0 Å². The fraction of sp³-hybridized carbons (Fsp3) is 0.922. The molecular weight excluding hydrogens is 707 g/mol. The molecular formula is C51H99NO5. The first-order valence-electron chi connectivity index (χ1n) is 25.4. The van der Waals surface area contributed by atoms with Crippen molar-refractivity contribution in [1.29, 1.82) is 0 Å². The van der Waals surface area contributed by atoms with Gasteiger partial charge in [-0.2, -0.15) is 0 Å². The normalized spacial score (nSPS) is 12.7. The van der Waals surface area contributed by atoms with E-state index in [-0.39, 0.29) is 18.5 Å². The van der Waals surface area contributed by atoms with E-state index in [0.717, 1.165) is 51.4 Å². The molecule has 0 heterocycles. The van der Waals surface area contributed by atoms with Gasteiger partial charge in [0.2, 0.25) is 5.91 Å².